The van der Waals surface area contributed by atoms with Gasteiger partial charge in [0, 0.05) is 21.4 Å². The molecule has 0 radical (unpaired) electrons. The van der Waals surface area contributed by atoms with Crippen molar-refractivity contribution in [3.8, 4) is 11.1 Å². The molecule has 0 saturated heterocycles. The Kier molecular flexibility index (Phi) is 3.78. The van der Waals surface area contributed by atoms with Gasteiger partial charge in [0.05, 0.1) is 0 Å². The summed E-state index contributed by atoms with van der Waals surface area (Å²) in [5.41, 5.74) is 9.76. The minimum atomic E-state index is 1.15. The SMILES string of the molecule is Cc1cc(-c2cccc3c2C=Cc2ccccc2N3)cc(C)c1Br. The Bertz CT molecular complexity index is 946. The summed E-state index contributed by atoms with van der Waals surface area (Å²) in [4.78, 5) is 0. The van der Waals surface area contributed by atoms with Gasteiger partial charge in [0.25, 0.3) is 0 Å². The molecule has 2 heteroatoms. The summed E-state index contributed by atoms with van der Waals surface area (Å²) in [5, 5.41) is 3.58. The van der Waals surface area contributed by atoms with Crippen LogP contribution in [0, 0.1) is 13.8 Å². The van der Waals surface area contributed by atoms with Crippen LogP contribution < -0.4 is 5.32 Å². The molecule has 1 aliphatic heterocycles. The van der Waals surface area contributed by atoms with Crippen molar-refractivity contribution in [2.24, 2.45) is 0 Å². The first kappa shape index (κ1) is 15.2. The Morgan fingerprint density at radius 2 is 1.50 bits per heavy atom. The van der Waals surface area contributed by atoms with Crippen molar-refractivity contribution in [2.45, 2.75) is 13.8 Å². The van der Waals surface area contributed by atoms with Gasteiger partial charge in [0.2, 0.25) is 0 Å². The van der Waals surface area contributed by atoms with E-state index in [2.05, 4.69) is 102 Å². The molecule has 24 heavy (non-hydrogen) atoms. The lowest BCUT2D eigenvalue weighted by atomic mass is 9.95. The summed E-state index contributed by atoms with van der Waals surface area (Å²) in [7, 11) is 0. The zero-order valence-corrected chi connectivity index (χ0v) is 15.3. The van der Waals surface area contributed by atoms with Crippen LogP contribution in [0.2, 0.25) is 0 Å². The Morgan fingerprint density at radius 1 is 0.792 bits per heavy atom. The average Bonchev–Trinajstić information content (AvgIpc) is 2.78. The molecular formula is C22H18BrN. The Balaban J connectivity index is 1.90. The summed E-state index contributed by atoms with van der Waals surface area (Å²) < 4.78 is 1.19. The highest BCUT2D eigenvalue weighted by molar-refractivity contribution is 9.10. The molecule has 0 spiro atoms. The molecule has 1 nitrogen and oxygen atoms in total. The fourth-order valence-corrected chi connectivity index (χ4v) is 3.51. The van der Waals surface area contributed by atoms with Crippen molar-refractivity contribution >= 4 is 39.5 Å². The molecule has 1 aliphatic rings. The molecule has 118 valence electrons. The monoisotopic (exact) mass is 375 g/mol. The fraction of sp³-hybridized carbons (Fsp3) is 0.0909. The van der Waals surface area contributed by atoms with Gasteiger partial charge in [-0.15, -0.1) is 0 Å². The van der Waals surface area contributed by atoms with Gasteiger partial charge in [0.15, 0.2) is 0 Å². The van der Waals surface area contributed by atoms with Crippen molar-refractivity contribution in [1.29, 1.82) is 0 Å². The molecule has 1 heterocycles. The summed E-state index contributed by atoms with van der Waals surface area (Å²) in [6, 6.07) is 19.4. The number of para-hydroxylation sites is 1. The highest BCUT2D eigenvalue weighted by Crippen LogP contribution is 2.37. The normalized spacial score (nSPS) is 12.1. The molecule has 4 rings (SSSR count). The number of aryl methyl sites for hydroxylation is 2. The number of fused-ring (bicyclic) bond motifs is 2. The minimum absolute atomic E-state index is 1.15. The van der Waals surface area contributed by atoms with Gasteiger partial charge in [-0.05, 0) is 53.8 Å². The van der Waals surface area contributed by atoms with Crippen LogP contribution in [-0.2, 0) is 0 Å². The summed E-state index contributed by atoms with van der Waals surface area (Å²) in [6.07, 6.45) is 4.41. The molecule has 3 aromatic carbocycles. The number of anilines is 2. The van der Waals surface area contributed by atoms with Gasteiger partial charge in [-0.25, -0.2) is 0 Å². The summed E-state index contributed by atoms with van der Waals surface area (Å²) >= 11 is 3.67. The van der Waals surface area contributed by atoms with E-state index in [0.717, 1.165) is 11.4 Å². The summed E-state index contributed by atoms with van der Waals surface area (Å²) in [5.74, 6) is 0. The first-order valence-electron chi connectivity index (χ1n) is 8.08. The zero-order chi connectivity index (χ0) is 16.7. The highest BCUT2D eigenvalue weighted by Gasteiger charge is 2.13. The second-order valence-electron chi connectivity index (χ2n) is 6.24. The van der Waals surface area contributed by atoms with E-state index in [9.17, 15) is 0 Å². The minimum Gasteiger partial charge on any atom is -0.355 e. The second kappa shape index (κ2) is 5.95. The van der Waals surface area contributed by atoms with Crippen LogP contribution in [0.15, 0.2) is 59.1 Å². The van der Waals surface area contributed by atoms with E-state index in [-0.39, 0.29) is 0 Å². The van der Waals surface area contributed by atoms with Gasteiger partial charge in [-0.2, -0.15) is 0 Å². The van der Waals surface area contributed by atoms with Crippen molar-refractivity contribution in [1.82, 2.24) is 0 Å². The third-order valence-electron chi connectivity index (χ3n) is 4.51. The lowest BCUT2D eigenvalue weighted by Crippen LogP contribution is -1.95. The van der Waals surface area contributed by atoms with Crippen molar-refractivity contribution in [3.05, 3.63) is 81.3 Å². The van der Waals surface area contributed by atoms with E-state index in [1.165, 1.54) is 37.9 Å². The summed E-state index contributed by atoms with van der Waals surface area (Å²) in [6.45, 7) is 4.29. The van der Waals surface area contributed by atoms with E-state index >= 15 is 0 Å². The maximum atomic E-state index is 3.67. The van der Waals surface area contributed by atoms with Crippen LogP contribution in [0.5, 0.6) is 0 Å². The van der Waals surface area contributed by atoms with Crippen LogP contribution in [-0.4, -0.2) is 0 Å². The van der Waals surface area contributed by atoms with Gasteiger partial charge >= 0.3 is 0 Å². The Labute approximate surface area is 151 Å². The number of benzene rings is 3. The predicted octanol–water partition coefficient (Wildman–Crippen LogP) is 6.96. The van der Waals surface area contributed by atoms with Crippen molar-refractivity contribution < 1.29 is 0 Å². The van der Waals surface area contributed by atoms with Gasteiger partial charge < -0.3 is 5.32 Å². The first-order valence-corrected chi connectivity index (χ1v) is 8.87. The average molecular weight is 376 g/mol. The third kappa shape index (κ3) is 2.57. The molecule has 0 fully saturated rings. The molecule has 3 aromatic rings. The molecule has 0 unspecified atom stereocenters. The fourth-order valence-electron chi connectivity index (χ4n) is 3.28. The molecule has 0 bridgehead atoms. The maximum absolute atomic E-state index is 3.67. The second-order valence-corrected chi connectivity index (χ2v) is 7.03. The van der Waals surface area contributed by atoms with E-state index in [4.69, 9.17) is 0 Å². The number of halogens is 1. The largest absolute Gasteiger partial charge is 0.355 e. The van der Waals surface area contributed by atoms with E-state index in [0.29, 0.717) is 0 Å². The van der Waals surface area contributed by atoms with Crippen molar-refractivity contribution in [3.63, 3.8) is 0 Å². The van der Waals surface area contributed by atoms with Gasteiger partial charge in [0.1, 0.15) is 0 Å². The lowest BCUT2D eigenvalue weighted by molar-refractivity contribution is 1.34. The standard InChI is InChI=1S/C22H18BrN/c1-14-12-17(13-15(2)22(14)23)18-7-5-9-21-19(18)11-10-16-6-3-4-8-20(16)24-21/h3-13,24H,1-2H3. The van der Waals surface area contributed by atoms with Gasteiger partial charge in [-0.1, -0.05) is 70.5 Å². The first-order chi connectivity index (χ1) is 11.6. The number of rotatable bonds is 1. The predicted molar refractivity (Wildman–Crippen MR) is 108 cm³/mol. The maximum Gasteiger partial charge on any atom is 0.0464 e. The quantitative estimate of drug-likeness (QED) is 0.379. The number of nitrogens with one attached hydrogen (secondary N) is 1. The van der Waals surface area contributed by atoms with Crippen LogP contribution in [0.3, 0.4) is 0 Å². The van der Waals surface area contributed by atoms with Crippen molar-refractivity contribution in [2.75, 3.05) is 5.32 Å². The number of hydrogen-bond acceptors (Lipinski definition) is 1. The Hall–Kier alpha value is -2.32. The Morgan fingerprint density at radius 3 is 2.29 bits per heavy atom. The molecule has 0 saturated carbocycles. The molecular weight excluding hydrogens is 358 g/mol. The highest BCUT2D eigenvalue weighted by atomic mass is 79.9. The van der Waals surface area contributed by atoms with E-state index < -0.39 is 0 Å². The smallest absolute Gasteiger partial charge is 0.0464 e. The van der Waals surface area contributed by atoms with E-state index in [1.807, 2.05) is 0 Å². The van der Waals surface area contributed by atoms with E-state index in [1.54, 1.807) is 0 Å². The third-order valence-corrected chi connectivity index (χ3v) is 5.76. The zero-order valence-electron chi connectivity index (χ0n) is 13.7. The number of hydrogen-bond donors (Lipinski definition) is 1. The van der Waals surface area contributed by atoms with Crippen LogP contribution in [0.1, 0.15) is 22.3 Å². The van der Waals surface area contributed by atoms with Crippen LogP contribution in [0.4, 0.5) is 11.4 Å². The lowest BCUT2D eigenvalue weighted by Gasteiger charge is -2.15. The van der Waals surface area contributed by atoms with Crippen LogP contribution in [0.25, 0.3) is 23.3 Å². The molecule has 0 atom stereocenters. The molecule has 0 aromatic heterocycles. The molecule has 0 aliphatic carbocycles. The molecule has 1 N–H and O–H groups in total. The topological polar surface area (TPSA) is 12.0 Å². The molecule has 0 amide bonds. The van der Waals surface area contributed by atoms with Crippen LogP contribution >= 0.6 is 15.9 Å². The van der Waals surface area contributed by atoms with Gasteiger partial charge in [-0.3, -0.25) is 0 Å².